The lowest BCUT2D eigenvalue weighted by molar-refractivity contribution is 0.262. The molecule has 0 aliphatic carbocycles. The number of urea groups is 1. The third-order valence-electron chi connectivity index (χ3n) is 4.56. The molecule has 0 atom stereocenters. The zero-order chi connectivity index (χ0) is 21.8. The number of anilines is 2. The fraction of sp³-hybridized carbons (Fsp3) is 0.0870. The van der Waals surface area contributed by atoms with Gasteiger partial charge >= 0.3 is 6.03 Å². The minimum atomic E-state index is -0.474. The molecule has 4 aromatic rings. The van der Waals surface area contributed by atoms with E-state index in [0.29, 0.717) is 34.0 Å². The Morgan fingerprint density at radius 2 is 1.87 bits per heavy atom. The van der Waals surface area contributed by atoms with Gasteiger partial charge in [0.2, 0.25) is 0 Å². The van der Waals surface area contributed by atoms with Gasteiger partial charge in [-0.1, -0.05) is 24.3 Å². The summed E-state index contributed by atoms with van der Waals surface area (Å²) in [6.07, 6.45) is 1.68. The lowest BCUT2D eigenvalue weighted by Gasteiger charge is -2.12. The number of hydrogen-bond donors (Lipinski definition) is 2. The monoisotopic (exact) mass is 434 g/mol. The molecule has 2 heterocycles. The lowest BCUT2D eigenvalue weighted by Crippen LogP contribution is -2.20. The molecule has 0 fully saturated rings. The molecule has 0 radical (unpaired) electrons. The summed E-state index contributed by atoms with van der Waals surface area (Å²) in [4.78, 5) is 30.0. The van der Waals surface area contributed by atoms with Gasteiger partial charge < -0.3 is 10.6 Å². The first-order valence-corrected chi connectivity index (χ1v) is 10.5. The number of fused-ring (bicyclic) bond motifs is 1. The molecule has 31 heavy (non-hydrogen) atoms. The molecule has 0 saturated carbocycles. The van der Waals surface area contributed by atoms with Gasteiger partial charge in [0, 0.05) is 28.6 Å². The molecule has 0 unspecified atom stereocenters. The number of aromatic nitrogens is 2. The topological polar surface area (TPSA) is 75.5 Å². The molecule has 0 saturated heterocycles. The molecule has 0 bridgehead atoms. The van der Waals surface area contributed by atoms with Gasteiger partial charge in [0.05, 0.1) is 11.4 Å². The number of halogens is 1. The van der Waals surface area contributed by atoms with Gasteiger partial charge in [-0.15, -0.1) is 11.8 Å². The quantitative estimate of drug-likeness (QED) is 0.430. The molecule has 2 aromatic carbocycles. The smallest absolute Gasteiger partial charge is 0.308 e. The van der Waals surface area contributed by atoms with Crippen molar-refractivity contribution in [2.75, 3.05) is 10.6 Å². The largest absolute Gasteiger partial charge is 0.323 e. The number of carbonyl (C=O) groups is 1. The van der Waals surface area contributed by atoms with Crippen LogP contribution in [-0.2, 0) is 5.75 Å². The van der Waals surface area contributed by atoms with Gasteiger partial charge in [0.15, 0.2) is 0 Å². The van der Waals surface area contributed by atoms with Gasteiger partial charge in [-0.3, -0.25) is 9.20 Å². The molecule has 0 aliphatic heterocycles. The summed E-state index contributed by atoms with van der Waals surface area (Å²) in [5.41, 5.74) is 2.57. The maximum Gasteiger partial charge on any atom is 0.323 e. The Kier molecular flexibility index (Phi) is 5.99. The van der Waals surface area contributed by atoms with Crippen molar-refractivity contribution >= 4 is 34.8 Å². The summed E-state index contributed by atoms with van der Waals surface area (Å²) in [6.45, 7) is 1.66. The van der Waals surface area contributed by atoms with E-state index in [-0.39, 0.29) is 11.4 Å². The standard InChI is InChI=1S/C23H19FN4O2S/c1-15-9-10-16(12-18(15)24)26-23(30)27-19-6-2-3-7-20(19)31-14-17-13-22(29)28-11-5-4-8-21(28)25-17/h2-13H,14H2,1H3,(H2,26,27,30). The molecule has 2 N–H and O–H groups in total. The van der Waals surface area contributed by atoms with Crippen LogP contribution in [0, 0.1) is 12.7 Å². The van der Waals surface area contributed by atoms with Crippen molar-refractivity contribution in [2.24, 2.45) is 0 Å². The summed E-state index contributed by atoms with van der Waals surface area (Å²) in [7, 11) is 0. The number of thioether (sulfide) groups is 1. The van der Waals surface area contributed by atoms with E-state index in [1.54, 1.807) is 43.5 Å². The number of benzene rings is 2. The maximum absolute atomic E-state index is 13.7. The van der Waals surface area contributed by atoms with Gasteiger partial charge in [-0.05, 0) is 48.9 Å². The zero-order valence-corrected chi connectivity index (χ0v) is 17.4. The molecule has 0 spiro atoms. The predicted molar refractivity (Wildman–Crippen MR) is 121 cm³/mol. The Balaban J connectivity index is 1.46. The van der Waals surface area contributed by atoms with Crippen LogP contribution in [0.2, 0.25) is 0 Å². The summed E-state index contributed by atoms with van der Waals surface area (Å²) < 4.78 is 15.2. The Labute approximate surface area is 182 Å². The fourth-order valence-corrected chi connectivity index (χ4v) is 3.88. The van der Waals surface area contributed by atoms with Crippen molar-refractivity contribution in [2.45, 2.75) is 17.6 Å². The summed E-state index contributed by atoms with van der Waals surface area (Å²) in [6, 6.07) is 18.3. The van der Waals surface area contributed by atoms with E-state index in [4.69, 9.17) is 0 Å². The van der Waals surface area contributed by atoms with Crippen molar-refractivity contribution in [3.8, 4) is 0 Å². The average molecular weight is 434 g/mol. The highest BCUT2D eigenvalue weighted by atomic mass is 32.2. The van der Waals surface area contributed by atoms with Crippen molar-refractivity contribution in [3.05, 3.63) is 100 Å². The second-order valence-corrected chi connectivity index (χ2v) is 7.86. The van der Waals surface area contributed by atoms with Gasteiger partial charge in [0.25, 0.3) is 5.56 Å². The third kappa shape index (κ3) is 4.92. The van der Waals surface area contributed by atoms with E-state index in [9.17, 15) is 14.0 Å². The number of nitrogens with one attached hydrogen (secondary N) is 2. The van der Waals surface area contributed by atoms with Crippen LogP contribution in [0.25, 0.3) is 5.65 Å². The summed E-state index contributed by atoms with van der Waals surface area (Å²) in [5, 5.41) is 5.42. The summed E-state index contributed by atoms with van der Waals surface area (Å²) >= 11 is 1.46. The van der Waals surface area contributed by atoms with E-state index >= 15 is 0 Å². The van der Waals surface area contributed by atoms with Crippen molar-refractivity contribution in [1.82, 2.24) is 9.38 Å². The first kappa shape index (κ1) is 20.6. The minimum absolute atomic E-state index is 0.141. The normalized spacial score (nSPS) is 10.8. The van der Waals surface area contributed by atoms with E-state index in [2.05, 4.69) is 15.6 Å². The first-order chi connectivity index (χ1) is 15.0. The highest BCUT2D eigenvalue weighted by molar-refractivity contribution is 7.98. The van der Waals surface area contributed by atoms with Crippen LogP contribution in [-0.4, -0.2) is 15.4 Å². The molecular weight excluding hydrogens is 415 g/mol. The second-order valence-electron chi connectivity index (χ2n) is 6.84. The number of hydrogen-bond acceptors (Lipinski definition) is 4. The van der Waals surface area contributed by atoms with Crippen molar-refractivity contribution < 1.29 is 9.18 Å². The van der Waals surface area contributed by atoms with Crippen molar-refractivity contribution in [3.63, 3.8) is 0 Å². The van der Waals surface area contributed by atoms with Crippen LogP contribution < -0.4 is 16.2 Å². The third-order valence-corrected chi connectivity index (χ3v) is 5.67. The van der Waals surface area contributed by atoms with E-state index in [0.717, 1.165) is 4.90 Å². The van der Waals surface area contributed by atoms with E-state index in [1.807, 2.05) is 24.3 Å². The van der Waals surface area contributed by atoms with Crippen LogP contribution in [0.3, 0.4) is 0 Å². The van der Waals surface area contributed by atoms with Crippen LogP contribution in [0.1, 0.15) is 11.3 Å². The van der Waals surface area contributed by atoms with Gasteiger partial charge in [0.1, 0.15) is 11.5 Å². The van der Waals surface area contributed by atoms with Crippen LogP contribution in [0.4, 0.5) is 20.6 Å². The molecule has 0 aliphatic rings. The highest BCUT2D eigenvalue weighted by Crippen LogP contribution is 2.29. The Bertz CT molecular complexity index is 1320. The van der Waals surface area contributed by atoms with Crippen molar-refractivity contribution in [1.29, 1.82) is 0 Å². The number of para-hydroxylation sites is 1. The maximum atomic E-state index is 13.7. The molecule has 4 rings (SSSR count). The highest BCUT2D eigenvalue weighted by Gasteiger charge is 2.10. The minimum Gasteiger partial charge on any atom is -0.308 e. The Morgan fingerprint density at radius 1 is 1.06 bits per heavy atom. The van der Waals surface area contributed by atoms with Crippen LogP contribution in [0.15, 0.2) is 82.6 Å². The average Bonchev–Trinajstić information content (AvgIpc) is 2.76. The molecule has 6 nitrogen and oxygen atoms in total. The SMILES string of the molecule is Cc1ccc(NC(=O)Nc2ccccc2SCc2cc(=O)n3ccccc3n2)cc1F. The number of nitrogens with zero attached hydrogens (tertiary/aromatic N) is 2. The fourth-order valence-electron chi connectivity index (χ4n) is 2.98. The predicted octanol–water partition coefficient (Wildman–Crippen LogP) is 5.08. The first-order valence-electron chi connectivity index (χ1n) is 9.53. The molecule has 8 heteroatoms. The van der Waals surface area contributed by atoms with Gasteiger partial charge in [-0.2, -0.15) is 0 Å². The number of aryl methyl sites for hydroxylation is 1. The number of amides is 2. The molecule has 2 amide bonds. The molecular formula is C23H19FN4O2S. The second kappa shape index (κ2) is 9.01. The van der Waals surface area contributed by atoms with Crippen LogP contribution in [0.5, 0.6) is 0 Å². The Hall–Kier alpha value is -3.65. The van der Waals surface area contributed by atoms with Gasteiger partial charge in [-0.25, -0.2) is 14.2 Å². The zero-order valence-electron chi connectivity index (χ0n) is 16.6. The van der Waals surface area contributed by atoms with Crippen LogP contribution >= 0.6 is 11.8 Å². The summed E-state index contributed by atoms with van der Waals surface area (Å²) in [5.74, 6) is 0.0805. The van der Waals surface area contributed by atoms with E-state index < -0.39 is 6.03 Å². The number of rotatable bonds is 5. The Morgan fingerprint density at radius 3 is 2.71 bits per heavy atom. The molecule has 156 valence electrons. The molecule has 2 aromatic heterocycles. The van der Waals surface area contributed by atoms with E-state index in [1.165, 1.54) is 28.3 Å². The lowest BCUT2D eigenvalue weighted by atomic mass is 10.2. The number of carbonyl (C=O) groups excluding carboxylic acids is 1. The number of pyridine rings is 1.